The third kappa shape index (κ3) is 2.80. The Kier molecular flexibility index (Phi) is 3.62. The van der Waals surface area contributed by atoms with Crippen molar-refractivity contribution in [3.05, 3.63) is 52.5 Å². The van der Waals surface area contributed by atoms with E-state index < -0.39 is 5.91 Å². The summed E-state index contributed by atoms with van der Waals surface area (Å²) >= 11 is 6.01. The lowest BCUT2D eigenvalue weighted by atomic mass is 10.1. The Labute approximate surface area is 115 Å². The van der Waals surface area contributed by atoms with Crippen molar-refractivity contribution in [2.75, 3.05) is 5.32 Å². The maximum absolute atomic E-state index is 12.0. The second-order valence-corrected chi connectivity index (χ2v) is 4.49. The largest absolute Gasteiger partial charge is 0.508 e. The van der Waals surface area contributed by atoms with E-state index in [0.717, 1.165) is 11.6 Å². The van der Waals surface area contributed by atoms with Gasteiger partial charge >= 0.3 is 0 Å². The lowest BCUT2D eigenvalue weighted by molar-refractivity contribution is 0.102. The number of phenols is 2. The number of benzene rings is 2. The molecule has 0 aromatic heterocycles. The van der Waals surface area contributed by atoms with Crippen molar-refractivity contribution in [3.8, 4) is 11.5 Å². The number of amides is 1. The lowest BCUT2D eigenvalue weighted by Gasteiger charge is -2.11. The average molecular weight is 278 g/mol. The van der Waals surface area contributed by atoms with E-state index in [2.05, 4.69) is 5.32 Å². The summed E-state index contributed by atoms with van der Waals surface area (Å²) in [6, 6.07) is 9.04. The molecule has 98 valence electrons. The van der Waals surface area contributed by atoms with Gasteiger partial charge in [-0.05, 0) is 30.7 Å². The van der Waals surface area contributed by atoms with E-state index in [1.807, 2.05) is 13.0 Å². The van der Waals surface area contributed by atoms with E-state index in [9.17, 15) is 15.0 Å². The summed E-state index contributed by atoms with van der Waals surface area (Å²) in [5.41, 5.74) is 1.39. The van der Waals surface area contributed by atoms with Crippen molar-refractivity contribution in [1.29, 1.82) is 0 Å². The van der Waals surface area contributed by atoms with Gasteiger partial charge in [-0.15, -0.1) is 0 Å². The van der Waals surface area contributed by atoms with E-state index in [-0.39, 0.29) is 17.1 Å². The first kappa shape index (κ1) is 13.2. The third-order valence-corrected chi connectivity index (χ3v) is 3.00. The van der Waals surface area contributed by atoms with Gasteiger partial charge in [0.1, 0.15) is 11.5 Å². The molecule has 0 radical (unpaired) electrons. The maximum atomic E-state index is 12.0. The zero-order valence-corrected chi connectivity index (χ0v) is 10.9. The molecule has 0 bridgehead atoms. The number of hydrogen-bond donors (Lipinski definition) is 3. The molecule has 3 N–H and O–H groups in total. The molecule has 0 fully saturated rings. The highest BCUT2D eigenvalue weighted by molar-refractivity contribution is 6.34. The predicted octanol–water partition coefficient (Wildman–Crippen LogP) is 3.31. The number of carbonyl (C=O) groups is 1. The number of rotatable bonds is 2. The summed E-state index contributed by atoms with van der Waals surface area (Å²) in [5.74, 6) is -0.890. The average Bonchev–Trinajstić information content (AvgIpc) is 2.33. The van der Waals surface area contributed by atoms with Gasteiger partial charge < -0.3 is 15.5 Å². The van der Waals surface area contributed by atoms with E-state index >= 15 is 0 Å². The fourth-order valence-corrected chi connectivity index (χ4v) is 1.95. The number of carbonyl (C=O) groups excluding carboxylic acids is 1. The minimum absolute atomic E-state index is 0.0668. The Morgan fingerprint density at radius 2 is 1.95 bits per heavy atom. The van der Waals surface area contributed by atoms with Crippen molar-refractivity contribution in [2.45, 2.75) is 6.92 Å². The van der Waals surface area contributed by atoms with Gasteiger partial charge in [0.25, 0.3) is 5.91 Å². The highest BCUT2D eigenvalue weighted by atomic mass is 35.5. The highest BCUT2D eigenvalue weighted by Crippen LogP contribution is 2.28. The first-order valence-electron chi connectivity index (χ1n) is 5.57. The van der Waals surface area contributed by atoms with Gasteiger partial charge in [0, 0.05) is 6.07 Å². The summed E-state index contributed by atoms with van der Waals surface area (Å²) < 4.78 is 0. The minimum atomic E-state index is -0.492. The Balaban J connectivity index is 2.31. The molecule has 0 aliphatic heterocycles. The van der Waals surface area contributed by atoms with Gasteiger partial charge in [0.2, 0.25) is 0 Å². The molecule has 0 aliphatic rings. The SMILES string of the molecule is Cc1cccc(Cl)c1NC(=O)c1ccc(O)cc1O. The van der Waals surface area contributed by atoms with Gasteiger partial charge in [-0.3, -0.25) is 4.79 Å². The molecule has 5 heteroatoms. The smallest absolute Gasteiger partial charge is 0.259 e. The predicted molar refractivity (Wildman–Crippen MR) is 73.9 cm³/mol. The molecule has 0 atom stereocenters. The second-order valence-electron chi connectivity index (χ2n) is 4.09. The zero-order valence-electron chi connectivity index (χ0n) is 10.1. The number of phenolic OH excluding ortho intramolecular Hbond substituents is 2. The van der Waals surface area contributed by atoms with E-state index in [1.165, 1.54) is 12.1 Å². The standard InChI is InChI=1S/C14H12ClNO3/c1-8-3-2-4-11(15)13(8)16-14(19)10-6-5-9(17)7-12(10)18/h2-7,17-18H,1H3,(H,16,19). The summed E-state index contributed by atoms with van der Waals surface area (Å²) in [5, 5.41) is 21.9. The molecule has 1 amide bonds. The first-order valence-corrected chi connectivity index (χ1v) is 5.95. The quantitative estimate of drug-likeness (QED) is 0.789. The van der Waals surface area contributed by atoms with Crippen LogP contribution in [0.3, 0.4) is 0 Å². The van der Waals surface area contributed by atoms with Gasteiger partial charge in [0.05, 0.1) is 16.3 Å². The van der Waals surface area contributed by atoms with Crippen molar-refractivity contribution in [1.82, 2.24) is 0 Å². The van der Waals surface area contributed by atoms with Crippen LogP contribution in [-0.2, 0) is 0 Å². The number of anilines is 1. The Morgan fingerprint density at radius 3 is 2.58 bits per heavy atom. The number of halogens is 1. The Hall–Kier alpha value is -2.20. The number of hydrogen-bond acceptors (Lipinski definition) is 3. The van der Waals surface area contributed by atoms with Crippen LogP contribution in [-0.4, -0.2) is 16.1 Å². The van der Waals surface area contributed by atoms with Crippen LogP contribution < -0.4 is 5.32 Å². The van der Waals surface area contributed by atoms with Crippen LogP contribution in [0.5, 0.6) is 11.5 Å². The van der Waals surface area contributed by atoms with Crippen LogP contribution in [0.4, 0.5) is 5.69 Å². The van der Waals surface area contributed by atoms with E-state index in [0.29, 0.717) is 10.7 Å². The Bertz CT molecular complexity index is 620. The summed E-state index contributed by atoms with van der Waals surface area (Å²) in [7, 11) is 0. The molecule has 2 aromatic carbocycles. The molecule has 0 heterocycles. The number of aromatic hydroxyl groups is 2. The zero-order chi connectivity index (χ0) is 14.0. The topological polar surface area (TPSA) is 69.6 Å². The molecule has 0 saturated carbocycles. The minimum Gasteiger partial charge on any atom is -0.508 e. The summed E-state index contributed by atoms with van der Waals surface area (Å²) in [6.45, 7) is 1.82. The highest BCUT2D eigenvalue weighted by Gasteiger charge is 2.14. The van der Waals surface area contributed by atoms with Crippen molar-refractivity contribution in [2.24, 2.45) is 0 Å². The second kappa shape index (κ2) is 5.20. The first-order chi connectivity index (χ1) is 8.99. The molecule has 0 unspecified atom stereocenters. The van der Waals surface area contributed by atoms with Gasteiger partial charge in [-0.2, -0.15) is 0 Å². The lowest BCUT2D eigenvalue weighted by Crippen LogP contribution is -2.13. The van der Waals surface area contributed by atoms with Crippen LogP contribution in [0.25, 0.3) is 0 Å². The van der Waals surface area contributed by atoms with Gasteiger partial charge in [-0.1, -0.05) is 23.7 Å². The van der Waals surface area contributed by atoms with Crippen LogP contribution >= 0.6 is 11.6 Å². The fraction of sp³-hybridized carbons (Fsp3) is 0.0714. The molecule has 0 aliphatic carbocycles. The normalized spacial score (nSPS) is 10.2. The van der Waals surface area contributed by atoms with Crippen LogP contribution in [0, 0.1) is 6.92 Å². The number of para-hydroxylation sites is 1. The summed E-state index contributed by atoms with van der Waals surface area (Å²) in [4.78, 5) is 12.0. The van der Waals surface area contributed by atoms with Crippen molar-refractivity contribution in [3.63, 3.8) is 0 Å². The van der Waals surface area contributed by atoms with Crippen LogP contribution in [0.2, 0.25) is 5.02 Å². The molecule has 0 saturated heterocycles. The van der Waals surface area contributed by atoms with Crippen LogP contribution in [0.15, 0.2) is 36.4 Å². The monoisotopic (exact) mass is 277 g/mol. The maximum Gasteiger partial charge on any atom is 0.259 e. The number of nitrogens with one attached hydrogen (secondary N) is 1. The molecule has 2 aromatic rings. The molecule has 2 rings (SSSR count). The van der Waals surface area contributed by atoms with Crippen molar-refractivity contribution < 1.29 is 15.0 Å². The van der Waals surface area contributed by atoms with Gasteiger partial charge in [0.15, 0.2) is 0 Å². The molecular formula is C14H12ClNO3. The van der Waals surface area contributed by atoms with Crippen molar-refractivity contribution >= 4 is 23.2 Å². The van der Waals surface area contributed by atoms with E-state index in [1.54, 1.807) is 12.1 Å². The third-order valence-electron chi connectivity index (χ3n) is 2.69. The summed E-state index contributed by atoms with van der Waals surface area (Å²) in [6.07, 6.45) is 0. The Morgan fingerprint density at radius 1 is 1.21 bits per heavy atom. The molecule has 4 nitrogen and oxygen atoms in total. The number of aryl methyl sites for hydroxylation is 1. The fourth-order valence-electron chi connectivity index (χ4n) is 1.68. The van der Waals surface area contributed by atoms with E-state index in [4.69, 9.17) is 11.6 Å². The molecule has 0 spiro atoms. The van der Waals surface area contributed by atoms with Crippen LogP contribution in [0.1, 0.15) is 15.9 Å². The molecule has 19 heavy (non-hydrogen) atoms. The molecular weight excluding hydrogens is 266 g/mol. The van der Waals surface area contributed by atoms with Gasteiger partial charge in [-0.25, -0.2) is 0 Å².